The van der Waals surface area contributed by atoms with Gasteiger partial charge in [0, 0.05) is 31.4 Å². The van der Waals surface area contributed by atoms with E-state index in [2.05, 4.69) is 5.32 Å². The quantitative estimate of drug-likeness (QED) is 0.312. The summed E-state index contributed by atoms with van der Waals surface area (Å²) in [7, 11) is 4.61. The van der Waals surface area contributed by atoms with Gasteiger partial charge in [0.25, 0.3) is 0 Å². The number of nitrogens with one attached hydrogen (secondary N) is 1. The molecule has 3 aromatic carbocycles. The van der Waals surface area contributed by atoms with Crippen molar-refractivity contribution in [1.82, 2.24) is 9.78 Å². The van der Waals surface area contributed by atoms with Crippen LogP contribution in [0.1, 0.15) is 12.5 Å². The van der Waals surface area contributed by atoms with Gasteiger partial charge in [-0.15, -0.1) is 0 Å². The molecule has 0 atom stereocenters. The van der Waals surface area contributed by atoms with E-state index in [1.807, 2.05) is 55.5 Å². The first-order chi connectivity index (χ1) is 18.3. The highest BCUT2D eigenvalue weighted by Crippen LogP contribution is 2.43. The molecule has 0 aliphatic rings. The number of rotatable bonds is 9. The van der Waals surface area contributed by atoms with Crippen molar-refractivity contribution >= 4 is 17.6 Å². The van der Waals surface area contributed by atoms with Crippen molar-refractivity contribution in [2.24, 2.45) is 0 Å². The van der Waals surface area contributed by atoms with Crippen molar-refractivity contribution in [1.29, 1.82) is 0 Å². The van der Waals surface area contributed by atoms with Gasteiger partial charge in [-0.05, 0) is 48.9 Å². The molecule has 0 bridgehead atoms. The summed E-state index contributed by atoms with van der Waals surface area (Å²) in [6, 6.07) is 20.4. The maximum absolute atomic E-state index is 12.3. The predicted octanol–water partition coefficient (Wildman–Crippen LogP) is 5.04. The second-order valence-electron chi connectivity index (χ2n) is 8.53. The van der Waals surface area contributed by atoms with E-state index in [4.69, 9.17) is 24.0 Å². The molecule has 0 spiro atoms. The number of benzene rings is 3. The van der Waals surface area contributed by atoms with Crippen LogP contribution in [0.25, 0.3) is 28.1 Å². The van der Waals surface area contributed by atoms with E-state index in [1.54, 1.807) is 37.1 Å². The van der Waals surface area contributed by atoms with Crippen LogP contribution in [0.5, 0.6) is 17.4 Å². The average molecular weight is 516 g/mol. The monoisotopic (exact) mass is 515 g/mol. The molecule has 0 aliphatic heterocycles. The highest BCUT2D eigenvalue weighted by molar-refractivity contribution is 5.93. The van der Waals surface area contributed by atoms with Crippen LogP contribution in [0.15, 0.2) is 66.7 Å². The lowest BCUT2D eigenvalue weighted by molar-refractivity contribution is -0.132. The summed E-state index contributed by atoms with van der Waals surface area (Å²) in [6.45, 7) is 3.29. The molecule has 196 valence electrons. The van der Waals surface area contributed by atoms with Gasteiger partial charge in [-0.3, -0.25) is 9.59 Å². The molecule has 0 saturated heterocycles. The number of nitrogens with zero attached hydrogens (tertiary/aromatic N) is 2. The molecular formula is C29H29N3O6. The number of carbonyl (C=O) groups is 2. The van der Waals surface area contributed by atoms with Crippen molar-refractivity contribution in [2.45, 2.75) is 13.8 Å². The molecule has 1 aromatic heterocycles. The molecule has 0 unspecified atom stereocenters. The fourth-order valence-electron chi connectivity index (χ4n) is 3.95. The van der Waals surface area contributed by atoms with Crippen molar-refractivity contribution in [3.05, 3.63) is 72.3 Å². The van der Waals surface area contributed by atoms with Crippen molar-refractivity contribution < 1.29 is 28.5 Å². The summed E-state index contributed by atoms with van der Waals surface area (Å²) in [4.78, 5) is 24.2. The first-order valence-corrected chi connectivity index (χ1v) is 11.8. The minimum Gasteiger partial charge on any atom is -0.497 e. The molecule has 4 rings (SSSR count). The van der Waals surface area contributed by atoms with Crippen LogP contribution in [-0.2, 0) is 14.3 Å². The van der Waals surface area contributed by atoms with Gasteiger partial charge in [0.2, 0.25) is 11.8 Å². The van der Waals surface area contributed by atoms with Gasteiger partial charge in [0.15, 0.2) is 0 Å². The fraction of sp³-hybridized carbons (Fsp3) is 0.207. The van der Waals surface area contributed by atoms with E-state index in [0.29, 0.717) is 34.0 Å². The Morgan fingerprint density at radius 3 is 2.05 bits per heavy atom. The number of hydrogen-bond donors (Lipinski definition) is 1. The Bertz CT molecular complexity index is 1420. The first-order valence-electron chi connectivity index (χ1n) is 11.8. The fourth-order valence-corrected chi connectivity index (χ4v) is 3.95. The summed E-state index contributed by atoms with van der Waals surface area (Å²) in [6.07, 6.45) is 0. The van der Waals surface area contributed by atoms with Crippen molar-refractivity contribution in [3.8, 4) is 45.5 Å². The maximum atomic E-state index is 12.3. The van der Waals surface area contributed by atoms with E-state index in [1.165, 1.54) is 14.0 Å². The van der Waals surface area contributed by atoms with Crippen LogP contribution in [0.4, 0.5) is 5.69 Å². The van der Waals surface area contributed by atoms with Crippen LogP contribution in [0, 0.1) is 6.92 Å². The third kappa shape index (κ3) is 5.84. The number of aryl methyl sites for hydroxylation is 1. The number of methoxy groups -OCH3 is 3. The van der Waals surface area contributed by atoms with E-state index in [0.717, 1.165) is 16.8 Å². The largest absolute Gasteiger partial charge is 0.497 e. The van der Waals surface area contributed by atoms with Gasteiger partial charge in [-0.1, -0.05) is 29.8 Å². The number of amides is 1. The number of ether oxygens (including phenoxy) is 4. The minimum atomic E-state index is -0.488. The molecule has 38 heavy (non-hydrogen) atoms. The van der Waals surface area contributed by atoms with Gasteiger partial charge in [-0.25, -0.2) is 0 Å². The molecule has 0 fully saturated rings. The Morgan fingerprint density at radius 2 is 1.50 bits per heavy atom. The molecule has 9 heteroatoms. The minimum absolute atomic E-state index is 0.0521. The Balaban J connectivity index is 1.95. The molecule has 1 N–H and O–H groups in total. The molecule has 1 heterocycles. The Morgan fingerprint density at radius 1 is 0.868 bits per heavy atom. The highest BCUT2D eigenvalue weighted by atomic mass is 16.5. The summed E-state index contributed by atoms with van der Waals surface area (Å²) >= 11 is 0. The Labute approximate surface area is 220 Å². The van der Waals surface area contributed by atoms with Gasteiger partial charge in [-0.2, -0.15) is 9.78 Å². The van der Waals surface area contributed by atoms with E-state index >= 15 is 0 Å². The number of anilines is 1. The Hall–Kier alpha value is -4.63. The topological polar surface area (TPSA) is 101 Å². The number of aromatic nitrogens is 2. The van der Waals surface area contributed by atoms with Crippen LogP contribution in [0.3, 0.4) is 0 Å². The SMILES string of the molecule is COCC(=O)Nc1ccc(-c2c(-c3cc(OC)cc(OC)c3)nn(-c3ccc(C)cc3)c2OC(C)=O)cc1. The van der Waals surface area contributed by atoms with Gasteiger partial charge >= 0.3 is 5.97 Å². The molecule has 0 saturated carbocycles. The van der Waals surface area contributed by atoms with E-state index in [9.17, 15) is 9.59 Å². The zero-order valence-corrected chi connectivity index (χ0v) is 21.9. The maximum Gasteiger partial charge on any atom is 0.309 e. The van der Waals surface area contributed by atoms with Crippen molar-refractivity contribution in [3.63, 3.8) is 0 Å². The smallest absolute Gasteiger partial charge is 0.309 e. The zero-order valence-electron chi connectivity index (χ0n) is 21.9. The molecule has 4 aromatic rings. The van der Waals surface area contributed by atoms with Crippen LogP contribution >= 0.6 is 0 Å². The molecule has 9 nitrogen and oxygen atoms in total. The van der Waals surface area contributed by atoms with Gasteiger partial charge in [0.1, 0.15) is 23.8 Å². The molecule has 0 radical (unpaired) electrons. The molecule has 0 aliphatic carbocycles. The summed E-state index contributed by atoms with van der Waals surface area (Å²) in [5.74, 6) is 0.671. The second kappa shape index (κ2) is 11.6. The van der Waals surface area contributed by atoms with Crippen LogP contribution in [0.2, 0.25) is 0 Å². The van der Waals surface area contributed by atoms with Crippen LogP contribution < -0.4 is 19.5 Å². The van der Waals surface area contributed by atoms with Crippen LogP contribution in [-0.4, -0.2) is 49.6 Å². The third-order valence-electron chi connectivity index (χ3n) is 5.72. The predicted molar refractivity (Wildman–Crippen MR) is 144 cm³/mol. The molecular weight excluding hydrogens is 486 g/mol. The summed E-state index contributed by atoms with van der Waals surface area (Å²) in [5.41, 5.74) is 4.96. The highest BCUT2D eigenvalue weighted by Gasteiger charge is 2.25. The van der Waals surface area contributed by atoms with Gasteiger partial charge < -0.3 is 24.3 Å². The van der Waals surface area contributed by atoms with E-state index in [-0.39, 0.29) is 18.4 Å². The molecule has 1 amide bonds. The Kier molecular flexibility index (Phi) is 8.08. The summed E-state index contributed by atoms with van der Waals surface area (Å²) in [5, 5.41) is 7.68. The number of hydrogen-bond acceptors (Lipinski definition) is 7. The normalized spacial score (nSPS) is 10.7. The van der Waals surface area contributed by atoms with Gasteiger partial charge in [0.05, 0.1) is 25.5 Å². The standard InChI is InChI=1S/C29H29N3O6/c1-18-6-12-23(13-7-18)32-29(38-19(2)33)27(20-8-10-22(11-9-20)30-26(34)17-35-3)28(31-32)21-14-24(36-4)16-25(15-21)37-5/h6-16H,17H2,1-5H3,(H,30,34). The lowest BCUT2D eigenvalue weighted by Crippen LogP contribution is -2.16. The van der Waals surface area contributed by atoms with E-state index < -0.39 is 5.97 Å². The zero-order chi connectivity index (χ0) is 27.2. The average Bonchev–Trinajstić information content (AvgIpc) is 3.27. The number of carbonyl (C=O) groups excluding carboxylic acids is 2. The second-order valence-corrected chi connectivity index (χ2v) is 8.53. The first kappa shape index (κ1) is 26.4. The van der Waals surface area contributed by atoms with Crippen molar-refractivity contribution in [2.75, 3.05) is 33.3 Å². The lowest BCUT2D eigenvalue weighted by atomic mass is 10.0. The lowest BCUT2D eigenvalue weighted by Gasteiger charge is -2.11. The summed E-state index contributed by atoms with van der Waals surface area (Å²) < 4.78 is 23.2. The number of esters is 1. The third-order valence-corrected chi connectivity index (χ3v) is 5.72.